The summed E-state index contributed by atoms with van der Waals surface area (Å²) >= 11 is 0. The van der Waals surface area contributed by atoms with Crippen molar-refractivity contribution in [1.29, 1.82) is 0 Å². The van der Waals surface area contributed by atoms with Crippen molar-refractivity contribution in [3.8, 4) is 0 Å². The topological polar surface area (TPSA) is 88.1 Å². The van der Waals surface area contributed by atoms with Gasteiger partial charge < -0.3 is 9.30 Å². The highest BCUT2D eigenvalue weighted by atomic mass is 19.1. The molecule has 0 aliphatic carbocycles. The number of rotatable bonds is 4. The summed E-state index contributed by atoms with van der Waals surface area (Å²) in [4.78, 5) is 40.1. The van der Waals surface area contributed by atoms with Crippen molar-refractivity contribution in [3.63, 3.8) is 0 Å². The Kier molecular flexibility index (Phi) is 4.22. The van der Waals surface area contributed by atoms with E-state index in [9.17, 15) is 18.8 Å². The van der Waals surface area contributed by atoms with Crippen LogP contribution in [0.2, 0.25) is 0 Å². The number of ether oxygens (including phenoxy) is 1. The van der Waals surface area contributed by atoms with E-state index in [-0.39, 0.29) is 29.9 Å². The van der Waals surface area contributed by atoms with Crippen LogP contribution in [0.15, 0.2) is 40.2 Å². The van der Waals surface area contributed by atoms with Gasteiger partial charge in [-0.3, -0.25) is 13.9 Å². The predicted molar refractivity (Wildman–Crippen MR) is 86.9 cm³/mol. The highest BCUT2D eigenvalue weighted by Crippen LogP contribution is 2.07. The summed E-state index contributed by atoms with van der Waals surface area (Å²) < 4.78 is 21.8. The zero-order valence-electron chi connectivity index (χ0n) is 13.6. The van der Waals surface area contributed by atoms with E-state index in [0.29, 0.717) is 0 Å². The van der Waals surface area contributed by atoms with E-state index in [0.717, 1.165) is 4.57 Å². The number of fused-ring (bicyclic) bond motifs is 1. The highest BCUT2D eigenvalue weighted by Gasteiger charge is 2.14. The maximum absolute atomic E-state index is 12.8. The number of nitrogens with zero attached hydrogens (tertiary/aromatic N) is 4. The largest absolute Gasteiger partial charge is 0.460 e. The molecule has 0 amide bonds. The van der Waals surface area contributed by atoms with Crippen LogP contribution in [0.4, 0.5) is 4.39 Å². The van der Waals surface area contributed by atoms with Crippen LogP contribution in [0.1, 0.15) is 10.4 Å². The molecular weight excluding hydrogens is 331 g/mol. The monoisotopic (exact) mass is 346 g/mol. The molecule has 25 heavy (non-hydrogen) atoms. The minimum atomic E-state index is -0.593. The summed E-state index contributed by atoms with van der Waals surface area (Å²) in [5.74, 6) is -1.03. The van der Waals surface area contributed by atoms with Crippen LogP contribution >= 0.6 is 0 Å². The van der Waals surface area contributed by atoms with Crippen molar-refractivity contribution < 1.29 is 13.9 Å². The molecule has 0 aliphatic rings. The standard InChI is InChI=1S/C16H15FN4O4/c1-19-13-12(14(22)20(2)16(19)24)21(9-18-13)7-8-25-15(23)10-3-5-11(17)6-4-10/h3-6,9H,7-8H2,1-2H3. The molecule has 2 heterocycles. The van der Waals surface area contributed by atoms with Gasteiger partial charge in [-0.05, 0) is 24.3 Å². The third-order valence-electron chi connectivity index (χ3n) is 3.86. The van der Waals surface area contributed by atoms with Crippen molar-refractivity contribution in [3.05, 3.63) is 62.8 Å². The molecule has 2 aromatic heterocycles. The molecule has 0 N–H and O–H groups in total. The van der Waals surface area contributed by atoms with Crippen LogP contribution in [0.5, 0.6) is 0 Å². The summed E-state index contributed by atoms with van der Waals surface area (Å²) in [6, 6.07) is 5.00. The lowest BCUT2D eigenvalue weighted by atomic mass is 10.2. The van der Waals surface area contributed by atoms with Crippen LogP contribution in [-0.2, 0) is 25.4 Å². The van der Waals surface area contributed by atoms with Gasteiger partial charge in [0.1, 0.15) is 12.4 Å². The third-order valence-corrected chi connectivity index (χ3v) is 3.86. The van der Waals surface area contributed by atoms with E-state index >= 15 is 0 Å². The minimum Gasteiger partial charge on any atom is -0.460 e. The van der Waals surface area contributed by atoms with Gasteiger partial charge in [0.15, 0.2) is 11.2 Å². The number of hydrogen-bond acceptors (Lipinski definition) is 5. The van der Waals surface area contributed by atoms with Gasteiger partial charge in [-0.15, -0.1) is 0 Å². The number of carbonyl (C=O) groups excluding carboxylic acids is 1. The average molecular weight is 346 g/mol. The Morgan fingerprint density at radius 3 is 2.52 bits per heavy atom. The third kappa shape index (κ3) is 2.95. The first-order chi connectivity index (χ1) is 11.9. The molecule has 3 aromatic rings. The van der Waals surface area contributed by atoms with Crippen LogP contribution in [0.25, 0.3) is 11.2 Å². The molecule has 0 radical (unpaired) electrons. The number of benzene rings is 1. The lowest BCUT2D eigenvalue weighted by Gasteiger charge is -2.08. The van der Waals surface area contributed by atoms with E-state index in [1.807, 2.05) is 0 Å². The van der Waals surface area contributed by atoms with E-state index < -0.39 is 23.0 Å². The number of carbonyl (C=O) groups is 1. The molecule has 3 rings (SSSR count). The summed E-state index contributed by atoms with van der Waals surface area (Å²) in [7, 11) is 2.91. The van der Waals surface area contributed by atoms with Gasteiger partial charge in [-0.2, -0.15) is 0 Å². The fourth-order valence-corrected chi connectivity index (χ4v) is 2.47. The first-order valence-corrected chi connectivity index (χ1v) is 7.43. The fourth-order valence-electron chi connectivity index (χ4n) is 2.47. The molecule has 9 heteroatoms. The lowest BCUT2D eigenvalue weighted by Crippen LogP contribution is -2.37. The van der Waals surface area contributed by atoms with Crippen LogP contribution in [0, 0.1) is 5.82 Å². The van der Waals surface area contributed by atoms with Crippen molar-refractivity contribution in [2.45, 2.75) is 6.54 Å². The van der Waals surface area contributed by atoms with Gasteiger partial charge in [0.05, 0.1) is 18.4 Å². The summed E-state index contributed by atoms with van der Waals surface area (Å²) in [6.45, 7) is 0.185. The second kappa shape index (κ2) is 6.34. The van der Waals surface area contributed by atoms with E-state index in [1.165, 1.54) is 53.8 Å². The molecule has 0 spiro atoms. The minimum absolute atomic E-state index is 0.00628. The predicted octanol–water partition coefficient (Wildman–Crippen LogP) is 0.430. The number of hydrogen-bond donors (Lipinski definition) is 0. The molecule has 0 atom stereocenters. The fraction of sp³-hybridized carbons (Fsp3) is 0.250. The van der Waals surface area contributed by atoms with Crippen LogP contribution in [-0.4, -0.2) is 31.3 Å². The maximum atomic E-state index is 12.8. The van der Waals surface area contributed by atoms with E-state index in [4.69, 9.17) is 4.74 Å². The molecule has 0 saturated carbocycles. The molecular formula is C16H15FN4O4. The molecule has 0 fully saturated rings. The second-order valence-corrected chi connectivity index (χ2v) is 5.46. The van der Waals surface area contributed by atoms with Crippen molar-refractivity contribution >= 4 is 17.1 Å². The number of aromatic nitrogens is 4. The van der Waals surface area contributed by atoms with Crippen LogP contribution < -0.4 is 11.2 Å². The maximum Gasteiger partial charge on any atom is 0.338 e. The number of imidazole rings is 1. The zero-order chi connectivity index (χ0) is 18.1. The Labute approximate surface area is 140 Å². The van der Waals surface area contributed by atoms with Gasteiger partial charge in [0.2, 0.25) is 0 Å². The number of aryl methyl sites for hydroxylation is 1. The van der Waals surface area contributed by atoms with Gasteiger partial charge in [-0.25, -0.2) is 19.0 Å². The molecule has 8 nitrogen and oxygen atoms in total. The van der Waals surface area contributed by atoms with Crippen molar-refractivity contribution in [1.82, 2.24) is 18.7 Å². The smallest absolute Gasteiger partial charge is 0.338 e. The van der Waals surface area contributed by atoms with Crippen molar-refractivity contribution in [2.24, 2.45) is 14.1 Å². The highest BCUT2D eigenvalue weighted by molar-refractivity contribution is 5.89. The Hall–Kier alpha value is -3.23. The van der Waals surface area contributed by atoms with Gasteiger partial charge >= 0.3 is 11.7 Å². The Bertz CT molecular complexity index is 1060. The number of halogens is 1. The number of esters is 1. The molecule has 0 saturated heterocycles. The van der Waals surface area contributed by atoms with Gasteiger partial charge in [-0.1, -0.05) is 0 Å². The first kappa shape index (κ1) is 16.6. The lowest BCUT2D eigenvalue weighted by molar-refractivity contribution is 0.0492. The van der Waals surface area contributed by atoms with Gasteiger partial charge in [0.25, 0.3) is 5.56 Å². The van der Waals surface area contributed by atoms with Crippen molar-refractivity contribution in [2.75, 3.05) is 6.61 Å². The Morgan fingerprint density at radius 1 is 1.16 bits per heavy atom. The Morgan fingerprint density at radius 2 is 1.84 bits per heavy atom. The summed E-state index contributed by atoms with van der Waals surface area (Å²) in [5.41, 5.74) is -0.193. The Balaban J connectivity index is 1.78. The molecule has 0 unspecified atom stereocenters. The second-order valence-electron chi connectivity index (χ2n) is 5.46. The molecule has 1 aromatic carbocycles. The van der Waals surface area contributed by atoms with E-state index in [2.05, 4.69) is 4.98 Å². The zero-order valence-corrected chi connectivity index (χ0v) is 13.6. The van der Waals surface area contributed by atoms with Gasteiger partial charge in [0, 0.05) is 14.1 Å². The quantitative estimate of drug-likeness (QED) is 0.639. The first-order valence-electron chi connectivity index (χ1n) is 7.43. The molecule has 0 aliphatic heterocycles. The molecule has 130 valence electrons. The summed E-state index contributed by atoms with van der Waals surface area (Å²) in [6.07, 6.45) is 1.41. The normalized spacial score (nSPS) is 11.0. The average Bonchev–Trinajstić information content (AvgIpc) is 3.02. The molecule has 0 bridgehead atoms. The van der Waals surface area contributed by atoms with E-state index in [1.54, 1.807) is 0 Å². The SMILES string of the molecule is Cn1c(=O)c2c(ncn2CCOC(=O)c2ccc(F)cc2)n(C)c1=O. The van der Waals surface area contributed by atoms with Crippen LogP contribution in [0.3, 0.4) is 0 Å². The summed E-state index contributed by atoms with van der Waals surface area (Å²) in [5, 5.41) is 0.